The molecule has 1 amide bonds. The third-order valence-electron chi connectivity index (χ3n) is 2.97. The van der Waals surface area contributed by atoms with Gasteiger partial charge in [-0.3, -0.25) is 4.79 Å². The highest BCUT2D eigenvalue weighted by Gasteiger charge is 2.13. The zero-order valence-corrected chi connectivity index (χ0v) is 12.5. The van der Waals surface area contributed by atoms with Crippen molar-refractivity contribution in [2.75, 3.05) is 13.6 Å². The molecule has 3 nitrogen and oxygen atoms in total. The van der Waals surface area contributed by atoms with Crippen LogP contribution in [0.5, 0.6) is 0 Å². The average molecular weight is 309 g/mol. The molecular weight excluding hydrogens is 295 g/mol. The Kier molecular flexibility index (Phi) is 4.99. The van der Waals surface area contributed by atoms with Crippen molar-refractivity contribution in [2.24, 2.45) is 0 Å². The van der Waals surface area contributed by atoms with Crippen LogP contribution in [0.15, 0.2) is 42.6 Å². The normalized spacial score (nSPS) is 10.3. The fourth-order valence-electron chi connectivity index (χ4n) is 1.80. The first kappa shape index (κ1) is 14.8. The van der Waals surface area contributed by atoms with Crippen LogP contribution in [0.1, 0.15) is 15.9 Å². The summed E-state index contributed by atoms with van der Waals surface area (Å²) in [7, 11) is 1.76. The molecule has 20 heavy (non-hydrogen) atoms. The van der Waals surface area contributed by atoms with Crippen molar-refractivity contribution < 1.29 is 4.79 Å². The molecule has 0 atom stereocenters. The summed E-state index contributed by atoms with van der Waals surface area (Å²) >= 11 is 11.6. The summed E-state index contributed by atoms with van der Waals surface area (Å²) in [6, 6.07) is 11.6. The van der Waals surface area contributed by atoms with Crippen LogP contribution in [0.25, 0.3) is 0 Å². The summed E-state index contributed by atoms with van der Waals surface area (Å²) < 4.78 is 0. The van der Waals surface area contributed by atoms with Crippen molar-refractivity contribution in [2.45, 2.75) is 6.42 Å². The standard InChI is InChI=1S/C15H14Cl2N2O/c1-19(8-7-11-5-3-2-4-6-11)15(20)12-9-13(16)14(17)18-10-12/h2-6,9-10H,7-8H2,1H3. The number of rotatable bonds is 4. The minimum absolute atomic E-state index is 0.119. The average Bonchev–Trinajstić information content (AvgIpc) is 2.48. The van der Waals surface area contributed by atoms with Crippen LogP contribution in [-0.4, -0.2) is 29.4 Å². The molecule has 2 rings (SSSR count). The molecule has 0 saturated carbocycles. The van der Waals surface area contributed by atoms with Gasteiger partial charge in [-0.1, -0.05) is 53.5 Å². The van der Waals surface area contributed by atoms with E-state index in [0.717, 1.165) is 6.42 Å². The molecule has 0 fully saturated rings. The smallest absolute Gasteiger partial charge is 0.255 e. The van der Waals surface area contributed by atoms with Gasteiger partial charge in [-0.15, -0.1) is 0 Å². The first-order valence-electron chi connectivity index (χ1n) is 6.18. The van der Waals surface area contributed by atoms with Crippen LogP contribution in [0.3, 0.4) is 0 Å². The van der Waals surface area contributed by atoms with Gasteiger partial charge in [0.1, 0.15) is 5.15 Å². The largest absolute Gasteiger partial charge is 0.341 e. The molecule has 1 aromatic heterocycles. The number of hydrogen-bond donors (Lipinski definition) is 0. The summed E-state index contributed by atoms with van der Waals surface area (Å²) in [5.41, 5.74) is 1.63. The number of amides is 1. The first-order valence-corrected chi connectivity index (χ1v) is 6.94. The number of carbonyl (C=O) groups excluding carboxylic acids is 1. The van der Waals surface area contributed by atoms with E-state index in [2.05, 4.69) is 4.98 Å². The maximum atomic E-state index is 12.2. The number of pyridine rings is 1. The monoisotopic (exact) mass is 308 g/mol. The predicted octanol–water partition coefficient (Wildman–Crippen LogP) is 3.70. The quantitative estimate of drug-likeness (QED) is 0.807. The molecule has 0 saturated heterocycles. The molecule has 1 aromatic carbocycles. The number of aromatic nitrogens is 1. The van der Waals surface area contributed by atoms with Gasteiger partial charge in [-0.05, 0) is 18.1 Å². The number of halogens is 2. The molecule has 0 spiro atoms. The fraction of sp³-hybridized carbons (Fsp3) is 0.200. The molecule has 0 aliphatic rings. The number of hydrogen-bond acceptors (Lipinski definition) is 2. The SMILES string of the molecule is CN(CCc1ccccc1)C(=O)c1cnc(Cl)c(Cl)c1. The van der Waals surface area contributed by atoms with E-state index in [-0.39, 0.29) is 16.1 Å². The number of benzene rings is 1. The Balaban J connectivity index is 1.99. The van der Waals surface area contributed by atoms with Crippen molar-refractivity contribution in [3.63, 3.8) is 0 Å². The van der Waals surface area contributed by atoms with E-state index in [1.807, 2.05) is 30.3 Å². The van der Waals surface area contributed by atoms with Crippen molar-refractivity contribution in [1.82, 2.24) is 9.88 Å². The fourth-order valence-corrected chi connectivity index (χ4v) is 2.07. The van der Waals surface area contributed by atoms with Gasteiger partial charge in [0.25, 0.3) is 5.91 Å². The number of nitrogens with zero attached hydrogens (tertiary/aromatic N) is 2. The van der Waals surface area contributed by atoms with E-state index in [1.165, 1.54) is 17.8 Å². The topological polar surface area (TPSA) is 33.2 Å². The maximum absolute atomic E-state index is 12.2. The summed E-state index contributed by atoms with van der Waals surface area (Å²) in [4.78, 5) is 17.7. The maximum Gasteiger partial charge on any atom is 0.255 e. The lowest BCUT2D eigenvalue weighted by molar-refractivity contribution is 0.0796. The Morgan fingerprint density at radius 3 is 2.60 bits per heavy atom. The molecule has 1 heterocycles. The second-order valence-corrected chi connectivity index (χ2v) is 5.22. The van der Waals surface area contributed by atoms with E-state index >= 15 is 0 Å². The van der Waals surface area contributed by atoms with Crippen LogP contribution in [0.2, 0.25) is 10.2 Å². The van der Waals surface area contributed by atoms with E-state index in [9.17, 15) is 4.79 Å². The van der Waals surface area contributed by atoms with E-state index in [4.69, 9.17) is 23.2 Å². The molecule has 0 aliphatic heterocycles. The lowest BCUT2D eigenvalue weighted by atomic mass is 10.1. The van der Waals surface area contributed by atoms with Gasteiger partial charge in [0.2, 0.25) is 0 Å². The predicted molar refractivity (Wildman–Crippen MR) is 81.4 cm³/mol. The van der Waals surface area contributed by atoms with Crippen molar-refractivity contribution in [3.05, 3.63) is 63.9 Å². The molecule has 0 aliphatic carbocycles. The zero-order valence-electron chi connectivity index (χ0n) is 11.0. The van der Waals surface area contributed by atoms with Crippen LogP contribution < -0.4 is 0 Å². The van der Waals surface area contributed by atoms with Gasteiger partial charge in [-0.2, -0.15) is 0 Å². The molecule has 0 bridgehead atoms. The van der Waals surface area contributed by atoms with Gasteiger partial charge in [0.05, 0.1) is 10.6 Å². The second-order valence-electron chi connectivity index (χ2n) is 4.46. The van der Waals surface area contributed by atoms with Gasteiger partial charge in [-0.25, -0.2) is 4.98 Å². The minimum atomic E-state index is -0.119. The van der Waals surface area contributed by atoms with Crippen LogP contribution in [0.4, 0.5) is 0 Å². The molecule has 0 N–H and O–H groups in total. The third kappa shape index (κ3) is 3.71. The first-order chi connectivity index (χ1) is 9.58. The Morgan fingerprint density at radius 2 is 1.95 bits per heavy atom. The molecule has 2 aromatic rings. The lowest BCUT2D eigenvalue weighted by Crippen LogP contribution is -2.28. The van der Waals surface area contributed by atoms with E-state index in [1.54, 1.807) is 11.9 Å². The van der Waals surface area contributed by atoms with E-state index in [0.29, 0.717) is 12.1 Å². The van der Waals surface area contributed by atoms with Crippen LogP contribution in [-0.2, 0) is 6.42 Å². The highest BCUT2D eigenvalue weighted by atomic mass is 35.5. The Morgan fingerprint density at radius 1 is 1.25 bits per heavy atom. The second kappa shape index (κ2) is 6.73. The summed E-state index contributed by atoms with van der Waals surface area (Å²) in [6.07, 6.45) is 2.24. The lowest BCUT2D eigenvalue weighted by Gasteiger charge is -2.17. The molecular formula is C15H14Cl2N2O. The van der Waals surface area contributed by atoms with Crippen LogP contribution >= 0.6 is 23.2 Å². The highest BCUT2D eigenvalue weighted by Crippen LogP contribution is 2.20. The summed E-state index contributed by atoms with van der Waals surface area (Å²) in [5.74, 6) is -0.119. The van der Waals surface area contributed by atoms with E-state index < -0.39 is 0 Å². The Hall–Kier alpha value is -1.58. The zero-order chi connectivity index (χ0) is 14.5. The summed E-state index contributed by atoms with van der Waals surface area (Å²) in [6.45, 7) is 0.628. The molecule has 104 valence electrons. The molecule has 0 radical (unpaired) electrons. The molecule has 5 heteroatoms. The van der Waals surface area contributed by atoms with Gasteiger partial charge in [0, 0.05) is 19.8 Å². The summed E-state index contributed by atoms with van der Waals surface area (Å²) in [5, 5.41) is 0.490. The van der Waals surface area contributed by atoms with Gasteiger partial charge < -0.3 is 4.90 Å². The van der Waals surface area contributed by atoms with Gasteiger partial charge >= 0.3 is 0 Å². The van der Waals surface area contributed by atoms with Crippen molar-refractivity contribution in [1.29, 1.82) is 0 Å². The van der Waals surface area contributed by atoms with Crippen LogP contribution in [0, 0.1) is 0 Å². The minimum Gasteiger partial charge on any atom is -0.341 e. The number of likely N-dealkylation sites (N-methyl/N-ethyl adjacent to an activating group) is 1. The van der Waals surface area contributed by atoms with Crippen molar-refractivity contribution in [3.8, 4) is 0 Å². The molecule has 0 unspecified atom stereocenters. The highest BCUT2D eigenvalue weighted by molar-refractivity contribution is 6.41. The Bertz CT molecular complexity index is 602. The number of carbonyl (C=O) groups is 1. The Labute approximate surface area is 128 Å². The van der Waals surface area contributed by atoms with Gasteiger partial charge in [0.15, 0.2) is 0 Å². The third-order valence-corrected chi connectivity index (χ3v) is 3.65. The van der Waals surface area contributed by atoms with Crippen molar-refractivity contribution >= 4 is 29.1 Å².